The normalized spacial score (nSPS) is 25.8. The quantitative estimate of drug-likeness (QED) is 0.804. The minimum atomic E-state index is -0.723. The molecule has 2 aromatic rings. The summed E-state index contributed by atoms with van der Waals surface area (Å²) in [6.07, 6.45) is -0.874. The number of amides is 2. The van der Waals surface area contributed by atoms with Crippen LogP contribution >= 0.6 is 0 Å². The van der Waals surface area contributed by atoms with Gasteiger partial charge in [0.2, 0.25) is 0 Å². The molecule has 2 amide bonds. The average molecular weight is 396 g/mol. The van der Waals surface area contributed by atoms with Crippen LogP contribution in [0.25, 0.3) is 0 Å². The average Bonchev–Trinajstić information content (AvgIpc) is 2.74. The third-order valence-electron chi connectivity index (χ3n) is 5.63. The van der Waals surface area contributed by atoms with Crippen LogP contribution in [0.1, 0.15) is 18.9 Å². The van der Waals surface area contributed by atoms with Gasteiger partial charge in [0.15, 0.2) is 0 Å². The molecule has 1 N–H and O–H groups in total. The maximum Gasteiger partial charge on any atom is 0.411 e. The summed E-state index contributed by atoms with van der Waals surface area (Å²) in [6.45, 7) is 1.96. The lowest BCUT2D eigenvalue weighted by atomic mass is 9.80. The summed E-state index contributed by atoms with van der Waals surface area (Å²) in [5.41, 5.74) is 1.55. The molecule has 2 aliphatic rings. The Hall–Kier alpha value is -3.06. The van der Waals surface area contributed by atoms with Crippen molar-refractivity contribution in [1.82, 2.24) is 4.90 Å². The molecule has 2 saturated heterocycles. The Kier molecular flexibility index (Phi) is 5.15. The van der Waals surface area contributed by atoms with Gasteiger partial charge in [0.05, 0.1) is 19.3 Å². The second-order valence-electron chi connectivity index (χ2n) is 7.44. The van der Waals surface area contributed by atoms with Crippen LogP contribution in [0.15, 0.2) is 54.6 Å². The maximum atomic E-state index is 13.0. The highest BCUT2D eigenvalue weighted by atomic mass is 16.6. The number of nitrogens with zero attached hydrogens (tertiary/aromatic N) is 2. The molecule has 2 aromatic carbocycles. The molecule has 0 unspecified atom stereocenters. The second-order valence-corrected chi connectivity index (χ2v) is 7.44. The molecule has 0 spiro atoms. The number of rotatable bonds is 4. The monoisotopic (exact) mass is 396 g/mol. The lowest BCUT2D eigenvalue weighted by Crippen LogP contribution is -2.79. The largest absolute Gasteiger partial charge is 0.497 e. The van der Waals surface area contributed by atoms with Crippen molar-refractivity contribution in [3.8, 4) is 5.75 Å². The maximum absolute atomic E-state index is 13.0. The van der Waals surface area contributed by atoms with Crippen LogP contribution in [0, 0.1) is 0 Å². The van der Waals surface area contributed by atoms with Crippen molar-refractivity contribution in [3.63, 3.8) is 0 Å². The highest BCUT2D eigenvalue weighted by Gasteiger charge is 2.59. The predicted molar refractivity (Wildman–Crippen MR) is 107 cm³/mol. The number of fused-ring (bicyclic) bond motifs is 1. The van der Waals surface area contributed by atoms with Gasteiger partial charge >= 0.3 is 6.09 Å². The molecule has 152 valence electrons. The first kappa shape index (κ1) is 19.3. The van der Waals surface area contributed by atoms with Crippen molar-refractivity contribution >= 4 is 17.7 Å². The van der Waals surface area contributed by atoms with E-state index >= 15 is 0 Å². The van der Waals surface area contributed by atoms with Crippen LogP contribution < -0.4 is 9.64 Å². The molecule has 0 saturated carbocycles. The van der Waals surface area contributed by atoms with E-state index in [-0.39, 0.29) is 18.6 Å². The molecule has 2 aliphatic heterocycles. The fraction of sp³-hybridized carbons (Fsp3) is 0.364. The Bertz CT molecular complexity index is 886. The number of methoxy groups -OCH3 is 1. The van der Waals surface area contributed by atoms with Gasteiger partial charge < -0.3 is 19.5 Å². The number of likely N-dealkylation sites (tertiary alicyclic amines) is 1. The highest BCUT2D eigenvalue weighted by molar-refractivity contribution is 6.07. The van der Waals surface area contributed by atoms with Crippen molar-refractivity contribution in [2.45, 2.75) is 44.2 Å². The lowest BCUT2D eigenvalue weighted by molar-refractivity contribution is -0.141. The van der Waals surface area contributed by atoms with E-state index in [0.29, 0.717) is 17.9 Å². The number of carbonyl (C=O) groups excluding carboxylic acids is 2. The van der Waals surface area contributed by atoms with Gasteiger partial charge in [0.25, 0.3) is 5.91 Å². The first-order chi connectivity index (χ1) is 14.0. The van der Waals surface area contributed by atoms with E-state index < -0.39 is 24.3 Å². The van der Waals surface area contributed by atoms with E-state index in [9.17, 15) is 14.7 Å². The minimum Gasteiger partial charge on any atom is -0.497 e. The summed E-state index contributed by atoms with van der Waals surface area (Å²) in [7, 11) is 1.57. The summed E-state index contributed by atoms with van der Waals surface area (Å²) in [5, 5.41) is 10.6. The third kappa shape index (κ3) is 3.42. The van der Waals surface area contributed by atoms with Crippen molar-refractivity contribution in [2.24, 2.45) is 0 Å². The molecule has 2 heterocycles. The third-order valence-corrected chi connectivity index (χ3v) is 5.63. The molecule has 2 fully saturated rings. The van der Waals surface area contributed by atoms with Gasteiger partial charge in [-0.25, -0.2) is 4.79 Å². The zero-order chi connectivity index (χ0) is 20.5. The highest BCUT2D eigenvalue weighted by Crippen LogP contribution is 2.40. The molecule has 0 radical (unpaired) electrons. The first-order valence-corrected chi connectivity index (χ1v) is 9.65. The molecule has 0 aliphatic carbocycles. The van der Waals surface area contributed by atoms with Crippen LogP contribution in [0.5, 0.6) is 5.75 Å². The zero-order valence-corrected chi connectivity index (χ0v) is 16.4. The van der Waals surface area contributed by atoms with Gasteiger partial charge in [-0.1, -0.05) is 30.3 Å². The van der Waals surface area contributed by atoms with E-state index in [1.807, 2.05) is 37.3 Å². The van der Waals surface area contributed by atoms with E-state index in [1.165, 1.54) is 4.90 Å². The van der Waals surface area contributed by atoms with Gasteiger partial charge in [0, 0.05) is 11.7 Å². The first-order valence-electron chi connectivity index (χ1n) is 9.65. The van der Waals surface area contributed by atoms with Gasteiger partial charge in [-0.15, -0.1) is 0 Å². The fourth-order valence-corrected chi connectivity index (χ4v) is 4.17. The molecular weight excluding hydrogens is 372 g/mol. The van der Waals surface area contributed by atoms with Gasteiger partial charge in [0.1, 0.15) is 18.4 Å². The molecule has 0 bridgehead atoms. The molecule has 29 heavy (non-hydrogen) atoms. The van der Waals surface area contributed by atoms with E-state index in [2.05, 4.69) is 0 Å². The minimum absolute atomic E-state index is 0.138. The molecular formula is C22H24N2O5. The number of piperidine rings is 1. The summed E-state index contributed by atoms with van der Waals surface area (Å²) in [5.74, 6) is 0.463. The Morgan fingerprint density at radius 1 is 1.14 bits per heavy atom. The number of ether oxygens (including phenoxy) is 2. The molecule has 4 atom stereocenters. The van der Waals surface area contributed by atoms with Crippen molar-refractivity contribution in [2.75, 3.05) is 12.0 Å². The Morgan fingerprint density at radius 2 is 1.83 bits per heavy atom. The molecule has 7 heteroatoms. The van der Waals surface area contributed by atoms with Crippen LogP contribution in [0.2, 0.25) is 0 Å². The van der Waals surface area contributed by atoms with Gasteiger partial charge in [-0.2, -0.15) is 0 Å². The number of anilines is 1. The smallest absolute Gasteiger partial charge is 0.411 e. The molecule has 0 aromatic heterocycles. The van der Waals surface area contributed by atoms with Gasteiger partial charge in [-0.05, 0) is 43.2 Å². The number of β-lactam (4-membered cyclic amide) rings is 1. The fourth-order valence-electron chi connectivity index (χ4n) is 4.17. The Morgan fingerprint density at radius 3 is 2.48 bits per heavy atom. The van der Waals surface area contributed by atoms with Crippen molar-refractivity contribution in [3.05, 3.63) is 60.2 Å². The van der Waals surface area contributed by atoms with Crippen LogP contribution in [-0.2, 0) is 16.1 Å². The van der Waals surface area contributed by atoms with E-state index in [4.69, 9.17) is 9.47 Å². The number of hydrogen-bond donors (Lipinski definition) is 1. The second kappa shape index (κ2) is 7.75. The number of aliphatic hydroxyl groups is 1. The summed E-state index contributed by atoms with van der Waals surface area (Å²) in [6, 6.07) is 15.0. The summed E-state index contributed by atoms with van der Waals surface area (Å²) >= 11 is 0. The summed E-state index contributed by atoms with van der Waals surface area (Å²) in [4.78, 5) is 28.8. The SMILES string of the molecule is COc1ccc(N2C(=O)[C@H]3[C@@H]2[C@H](O)C[C@@H](C)N3C(=O)OCc2ccccc2)cc1. The topological polar surface area (TPSA) is 79.3 Å². The Labute approximate surface area is 169 Å². The summed E-state index contributed by atoms with van der Waals surface area (Å²) < 4.78 is 10.6. The van der Waals surface area contributed by atoms with Crippen LogP contribution in [0.4, 0.5) is 10.5 Å². The standard InChI is InChI=1S/C22H24N2O5/c1-14-12-18(25)19-20(21(26)24(19)16-8-10-17(28-2)11-9-16)23(14)22(27)29-13-15-6-4-3-5-7-15/h3-11,14,18-20,25H,12-13H2,1-2H3/t14-,18-,19+,20-/m1/s1. The number of benzene rings is 2. The predicted octanol–water partition coefficient (Wildman–Crippen LogP) is 2.57. The van der Waals surface area contributed by atoms with Crippen LogP contribution in [0.3, 0.4) is 0 Å². The number of aliphatic hydroxyl groups excluding tert-OH is 1. The van der Waals surface area contributed by atoms with E-state index in [1.54, 1.807) is 36.3 Å². The molecule has 7 nitrogen and oxygen atoms in total. The molecule has 4 rings (SSSR count). The number of hydrogen-bond acceptors (Lipinski definition) is 5. The van der Waals surface area contributed by atoms with Crippen molar-refractivity contribution in [1.29, 1.82) is 0 Å². The zero-order valence-electron chi connectivity index (χ0n) is 16.4. The van der Waals surface area contributed by atoms with Crippen molar-refractivity contribution < 1.29 is 24.2 Å². The lowest BCUT2D eigenvalue weighted by Gasteiger charge is -2.57. The van der Waals surface area contributed by atoms with Crippen LogP contribution in [-0.4, -0.2) is 53.3 Å². The number of carbonyl (C=O) groups is 2. The Balaban J connectivity index is 1.51. The van der Waals surface area contributed by atoms with E-state index in [0.717, 1.165) is 5.56 Å². The van der Waals surface area contributed by atoms with Gasteiger partial charge in [-0.3, -0.25) is 9.69 Å².